The number of benzene rings is 1. The van der Waals surface area contributed by atoms with Gasteiger partial charge in [0.15, 0.2) is 5.11 Å². The number of anilines is 3. The van der Waals surface area contributed by atoms with E-state index in [0.29, 0.717) is 23.0 Å². The molecule has 164 valence electrons. The van der Waals surface area contributed by atoms with Crippen molar-refractivity contribution in [3.05, 3.63) is 41.5 Å². The van der Waals surface area contributed by atoms with Gasteiger partial charge in [-0.25, -0.2) is 0 Å². The fraction of sp³-hybridized carbons (Fsp3) is 0.542. The summed E-state index contributed by atoms with van der Waals surface area (Å²) in [5.74, 6) is 3.24. The number of aromatic nitrogens is 2. The molecular weight excluding hydrogens is 404 g/mol. The minimum absolute atomic E-state index is 0.471. The Morgan fingerprint density at radius 2 is 1.65 bits per heavy atom. The van der Waals surface area contributed by atoms with E-state index in [1.165, 1.54) is 49.7 Å². The van der Waals surface area contributed by atoms with Crippen LogP contribution in [-0.4, -0.2) is 34.2 Å². The van der Waals surface area contributed by atoms with Crippen molar-refractivity contribution in [3.8, 4) is 0 Å². The standard InChI is InChI=1S/C24H32N6S/c1-17-7-6-12-29(14-17)21-13-22(30-15-18-8-2-3-9-19(18)16-30)27-23(26-21)28-24(31)25-20-10-4-5-11-20/h2-3,8-9,13,17,20H,4-7,10-12,14-16H2,1H3,(H2,25,26,27,28,31)/t17-/m0/s1. The normalized spacial score (nSPS) is 21.3. The van der Waals surface area contributed by atoms with Crippen molar-refractivity contribution < 1.29 is 0 Å². The number of nitrogens with one attached hydrogen (secondary N) is 2. The second-order valence-corrected chi connectivity index (χ2v) is 9.71. The first-order valence-electron chi connectivity index (χ1n) is 11.7. The third kappa shape index (κ3) is 4.76. The molecule has 1 atom stereocenters. The zero-order valence-corrected chi connectivity index (χ0v) is 19.1. The van der Waals surface area contributed by atoms with Gasteiger partial charge in [0, 0.05) is 38.3 Å². The molecule has 31 heavy (non-hydrogen) atoms. The molecule has 1 aromatic heterocycles. The molecule has 2 fully saturated rings. The molecule has 7 heteroatoms. The Morgan fingerprint density at radius 1 is 0.968 bits per heavy atom. The molecular formula is C24H32N6S. The predicted molar refractivity (Wildman–Crippen MR) is 131 cm³/mol. The van der Waals surface area contributed by atoms with Gasteiger partial charge in [0.1, 0.15) is 11.6 Å². The van der Waals surface area contributed by atoms with Crippen LogP contribution in [0.5, 0.6) is 0 Å². The lowest BCUT2D eigenvalue weighted by Gasteiger charge is -2.32. The summed E-state index contributed by atoms with van der Waals surface area (Å²) in [7, 11) is 0. The molecule has 1 saturated heterocycles. The Hall–Kier alpha value is -2.41. The maximum Gasteiger partial charge on any atom is 0.232 e. The number of hydrogen-bond donors (Lipinski definition) is 2. The highest BCUT2D eigenvalue weighted by Gasteiger charge is 2.24. The summed E-state index contributed by atoms with van der Waals surface area (Å²) in [4.78, 5) is 14.5. The average Bonchev–Trinajstić information content (AvgIpc) is 3.43. The second kappa shape index (κ2) is 8.99. The van der Waals surface area contributed by atoms with E-state index in [2.05, 4.69) is 57.7 Å². The van der Waals surface area contributed by atoms with Crippen LogP contribution in [0.3, 0.4) is 0 Å². The molecule has 0 unspecified atom stereocenters. The molecule has 0 radical (unpaired) electrons. The van der Waals surface area contributed by atoms with Gasteiger partial charge in [-0.05, 0) is 54.9 Å². The predicted octanol–water partition coefficient (Wildman–Crippen LogP) is 4.46. The third-order valence-electron chi connectivity index (χ3n) is 6.76. The van der Waals surface area contributed by atoms with E-state index in [9.17, 15) is 0 Å². The fourth-order valence-corrected chi connectivity index (χ4v) is 5.35. The number of piperidine rings is 1. The summed E-state index contributed by atoms with van der Waals surface area (Å²) in [6.45, 7) is 6.18. The van der Waals surface area contributed by atoms with Crippen LogP contribution in [0.25, 0.3) is 0 Å². The highest BCUT2D eigenvalue weighted by atomic mass is 32.1. The number of nitrogens with zero attached hydrogens (tertiary/aromatic N) is 4. The van der Waals surface area contributed by atoms with Gasteiger partial charge < -0.3 is 20.4 Å². The second-order valence-electron chi connectivity index (χ2n) is 9.31. The summed E-state index contributed by atoms with van der Waals surface area (Å²) >= 11 is 5.60. The molecule has 2 aromatic rings. The summed E-state index contributed by atoms with van der Waals surface area (Å²) < 4.78 is 0. The maximum absolute atomic E-state index is 5.60. The summed E-state index contributed by atoms with van der Waals surface area (Å²) in [5, 5.41) is 7.37. The number of hydrogen-bond acceptors (Lipinski definition) is 5. The van der Waals surface area contributed by atoms with Crippen molar-refractivity contribution in [2.75, 3.05) is 28.2 Å². The van der Waals surface area contributed by atoms with Crippen molar-refractivity contribution >= 4 is 34.9 Å². The molecule has 0 amide bonds. The molecule has 6 nitrogen and oxygen atoms in total. The Balaban J connectivity index is 1.39. The molecule has 0 spiro atoms. The molecule has 2 aliphatic heterocycles. The molecule has 5 rings (SSSR count). The first kappa shape index (κ1) is 20.5. The van der Waals surface area contributed by atoms with Crippen molar-refractivity contribution in [1.29, 1.82) is 0 Å². The average molecular weight is 437 g/mol. The van der Waals surface area contributed by atoms with Gasteiger partial charge in [-0.1, -0.05) is 44.0 Å². The van der Waals surface area contributed by atoms with Crippen LogP contribution < -0.4 is 20.4 Å². The third-order valence-corrected chi connectivity index (χ3v) is 6.98. The Morgan fingerprint density at radius 3 is 2.32 bits per heavy atom. The zero-order chi connectivity index (χ0) is 21.2. The van der Waals surface area contributed by atoms with Crippen molar-refractivity contribution in [2.24, 2.45) is 5.92 Å². The van der Waals surface area contributed by atoms with E-state index in [1.54, 1.807) is 0 Å². The lowest BCUT2D eigenvalue weighted by molar-refractivity contribution is 0.444. The van der Waals surface area contributed by atoms with E-state index in [0.717, 1.165) is 37.8 Å². The molecule has 2 N–H and O–H groups in total. The van der Waals surface area contributed by atoms with Crippen LogP contribution >= 0.6 is 12.2 Å². The number of fused-ring (bicyclic) bond motifs is 1. The molecule has 3 aliphatic rings. The number of thiocarbonyl (C=S) groups is 1. The fourth-order valence-electron chi connectivity index (χ4n) is 5.09. The summed E-state index contributed by atoms with van der Waals surface area (Å²) in [5.41, 5.74) is 2.75. The van der Waals surface area contributed by atoms with E-state index in [1.807, 2.05) is 0 Å². The van der Waals surface area contributed by atoms with Gasteiger partial charge in [0.2, 0.25) is 5.95 Å². The Kier molecular flexibility index (Phi) is 5.94. The van der Waals surface area contributed by atoms with Crippen LogP contribution in [0.1, 0.15) is 56.6 Å². The van der Waals surface area contributed by atoms with Crippen LogP contribution in [0.15, 0.2) is 30.3 Å². The summed E-state index contributed by atoms with van der Waals surface area (Å²) in [6.07, 6.45) is 7.42. The first-order chi connectivity index (χ1) is 15.1. The lowest BCUT2D eigenvalue weighted by Crippen LogP contribution is -2.37. The van der Waals surface area contributed by atoms with Crippen LogP contribution in [0.2, 0.25) is 0 Å². The highest BCUT2D eigenvalue weighted by molar-refractivity contribution is 7.80. The van der Waals surface area contributed by atoms with Crippen LogP contribution in [0.4, 0.5) is 17.6 Å². The molecule has 1 saturated carbocycles. The topological polar surface area (TPSA) is 56.3 Å². The maximum atomic E-state index is 5.60. The van der Waals surface area contributed by atoms with E-state index >= 15 is 0 Å². The van der Waals surface area contributed by atoms with Crippen molar-refractivity contribution in [2.45, 2.75) is 64.6 Å². The van der Waals surface area contributed by atoms with Gasteiger partial charge in [-0.3, -0.25) is 0 Å². The lowest BCUT2D eigenvalue weighted by atomic mass is 10.0. The van der Waals surface area contributed by atoms with E-state index in [-0.39, 0.29) is 0 Å². The van der Waals surface area contributed by atoms with Gasteiger partial charge in [0.05, 0.1) is 0 Å². The monoisotopic (exact) mass is 436 g/mol. The SMILES string of the molecule is C[C@H]1CCCN(c2cc(N3Cc4ccccc4C3)nc(NC(=S)NC3CCCC3)n2)C1. The van der Waals surface area contributed by atoms with Gasteiger partial charge >= 0.3 is 0 Å². The Bertz CT molecular complexity index is 916. The smallest absolute Gasteiger partial charge is 0.232 e. The quantitative estimate of drug-likeness (QED) is 0.686. The molecule has 3 heterocycles. The largest absolute Gasteiger partial charge is 0.360 e. The Labute approximate surface area is 190 Å². The summed E-state index contributed by atoms with van der Waals surface area (Å²) in [6, 6.07) is 11.3. The van der Waals surface area contributed by atoms with Crippen LogP contribution in [-0.2, 0) is 13.1 Å². The van der Waals surface area contributed by atoms with Crippen molar-refractivity contribution in [1.82, 2.24) is 15.3 Å². The van der Waals surface area contributed by atoms with Gasteiger partial charge in [-0.2, -0.15) is 9.97 Å². The highest BCUT2D eigenvalue weighted by Crippen LogP contribution is 2.31. The molecule has 1 aromatic carbocycles. The van der Waals surface area contributed by atoms with Gasteiger partial charge in [0.25, 0.3) is 0 Å². The van der Waals surface area contributed by atoms with E-state index in [4.69, 9.17) is 22.2 Å². The van der Waals surface area contributed by atoms with E-state index < -0.39 is 0 Å². The molecule has 0 bridgehead atoms. The molecule has 1 aliphatic carbocycles. The first-order valence-corrected chi connectivity index (χ1v) is 12.1. The zero-order valence-electron chi connectivity index (χ0n) is 18.3. The van der Waals surface area contributed by atoms with Crippen LogP contribution in [0, 0.1) is 5.92 Å². The minimum Gasteiger partial charge on any atom is -0.360 e. The van der Waals surface area contributed by atoms with Gasteiger partial charge in [-0.15, -0.1) is 0 Å². The van der Waals surface area contributed by atoms with Crippen molar-refractivity contribution in [3.63, 3.8) is 0 Å². The minimum atomic E-state index is 0.471. The number of rotatable bonds is 4.